The smallest absolute Gasteiger partial charge is 0.0139 e. The summed E-state index contributed by atoms with van der Waals surface area (Å²) in [6, 6.07) is 1.04. The van der Waals surface area contributed by atoms with E-state index >= 15 is 0 Å². The molecule has 0 amide bonds. The van der Waals surface area contributed by atoms with Gasteiger partial charge in [-0.2, -0.15) is 0 Å². The van der Waals surface area contributed by atoms with Crippen LogP contribution >= 0.6 is 0 Å². The molecule has 3 atom stereocenters. The maximum Gasteiger partial charge on any atom is 0.0139 e. The highest BCUT2D eigenvalue weighted by Gasteiger charge is 2.11. The summed E-state index contributed by atoms with van der Waals surface area (Å²) in [5, 5.41) is 0. The standard InChI is InChI=1S/C9H23N3/c1-7(10)5-9(3)12(4)6-8(2)11/h7-9H,5-6,10-11H2,1-4H3. The molecule has 3 unspecified atom stereocenters. The van der Waals surface area contributed by atoms with Gasteiger partial charge in [0.2, 0.25) is 0 Å². The van der Waals surface area contributed by atoms with Crippen LogP contribution in [-0.2, 0) is 0 Å². The molecule has 0 aliphatic carbocycles. The van der Waals surface area contributed by atoms with E-state index in [1.165, 1.54) is 0 Å². The molecule has 0 spiro atoms. The van der Waals surface area contributed by atoms with E-state index in [1.54, 1.807) is 0 Å². The number of rotatable bonds is 5. The second-order valence-corrected chi connectivity index (χ2v) is 3.98. The molecule has 0 saturated heterocycles. The van der Waals surface area contributed by atoms with Crippen LogP contribution in [0.4, 0.5) is 0 Å². The van der Waals surface area contributed by atoms with E-state index in [0.717, 1.165) is 13.0 Å². The van der Waals surface area contributed by atoms with E-state index in [-0.39, 0.29) is 12.1 Å². The highest BCUT2D eigenvalue weighted by atomic mass is 15.1. The van der Waals surface area contributed by atoms with Gasteiger partial charge in [0, 0.05) is 24.7 Å². The second-order valence-electron chi connectivity index (χ2n) is 3.98. The normalized spacial score (nSPS) is 19.2. The summed E-state index contributed by atoms with van der Waals surface area (Å²) in [4.78, 5) is 2.26. The lowest BCUT2D eigenvalue weighted by molar-refractivity contribution is 0.228. The molecule has 0 aromatic heterocycles. The minimum absolute atomic E-state index is 0.241. The van der Waals surface area contributed by atoms with E-state index < -0.39 is 0 Å². The van der Waals surface area contributed by atoms with Gasteiger partial charge in [-0.15, -0.1) is 0 Å². The third kappa shape index (κ3) is 5.52. The molecule has 3 heteroatoms. The first-order valence-corrected chi connectivity index (χ1v) is 4.65. The minimum atomic E-state index is 0.241. The lowest BCUT2D eigenvalue weighted by Crippen LogP contribution is -2.40. The van der Waals surface area contributed by atoms with Gasteiger partial charge < -0.3 is 16.4 Å². The van der Waals surface area contributed by atoms with Crippen LogP contribution in [0.3, 0.4) is 0 Å². The van der Waals surface area contributed by atoms with Gasteiger partial charge in [0.25, 0.3) is 0 Å². The Balaban J connectivity index is 3.68. The Morgan fingerprint density at radius 2 is 1.58 bits per heavy atom. The van der Waals surface area contributed by atoms with Gasteiger partial charge in [0.15, 0.2) is 0 Å². The molecule has 3 nitrogen and oxygen atoms in total. The zero-order chi connectivity index (χ0) is 9.72. The molecule has 0 radical (unpaired) electrons. The average Bonchev–Trinajstić information content (AvgIpc) is 1.84. The molecule has 0 rings (SSSR count). The summed E-state index contributed by atoms with van der Waals surface area (Å²) in [6.45, 7) is 7.19. The fourth-order valence-corrected chi connectivity index (χ4v) is 1.35. The first kappa shape index (κ1) is 11.9. The molecule has 0 aliphatic rings. The summed E-state index contributed by atoms with van der Waals surface area (Å²) >= 11 is 0. The molecule has 4 N–H and O–H groups in total. The quantitative estimate of drug-likeness (QED) is 0.632. The average molecular weight is 173 g/mol. The van der Waals surface area contributed by atoms with Crippen molar-refractivity contribution in [3.05, 3.63) is 0 Å². The Labute approximate surface area is 76.1 Å². The van der Waals surface area contributed by atoms with Crippen LogP contribution in [0.1, 0.15) is 27.2 Å². The first-order chi connectivity index (χ1) is 5.43. The molecular weight excluding hydrogens is 150 g/mol. The van der Waals surface area contributed by atoms with Crippen molar-refractivity contribution >= 4 is 0 Å². The van der Waals surface area contributed by atoms with Crippen molar-refractivity contribution in [1.29, 1.82) is 0 Å². The van der Waals surface area contributed by atoms with Gasteiger partial charge in [0.1, 0.15) is 0 Å². The number of nitrogens with two attached hydrogens (primary N) is 2. The summed E-state index contributed by atoms with van der Waals surface area (Å²) in [7, 11) is 2.09. The Bertz CT molecular complexity index is 98.3. The maximum absolute atomic E-state index is 5.70. The van der Waals surface area contributed by atoms with Crippen LogP contribution in [0.5, 0.6) is 0 Å². The Morgan fingerprint density at radius 3 is 1.92 bits per heavy atom. The molecule has 74 valence electrons. The third-order valence-corrected chi connectivity index (χ3v) is 2.04. The van der Waals surface area contributed by atoms with E-state index in [2.05, 4.69) is 18.9 Å². The fourth-order valence-electron chi connectivity index (χ4n) is 1.35. The van der Waals surface area contributed by atoms with Gasteiger partial charge >= 0.3 is 0 Å². The van der Waals surface area contributed by atoms with Crippen LogP contribution in [0.25, 0.3) is 0 Å². The lowest BCUT2D eigenvalue weighted by Gasteiger charge is -2.27. The van der Waals surface area contributed by atoms with Crippen molar-refractivity contribution in [2.75, 3.05) is 13.6 Å². The topological polar surface area (TPSA) is 55.3 Å². The largest absolute Gasteiger partial charge is 0.328 e. The molecule has 0 heterocycles. The SMILES string of the molecule is CC(N)CC(C)N(C)CC(C)N. The van der Waals surface area contributed by atoms with Gasteiger partial charge in [-0.1, -0.05) is 0 Å². The van der Waals surface area contributed by atoms with Crippen LogP contribution in [-0.4, -0.2) is 36.6 Å². The minimum Gasteiger partial charge on any atom is -0.328 e. The van der Waals surface area contributed by atoms with Crippen LogP contribution in [0, 0.1) is 0 Å². The number of hydrogen-bond acceptors (Lipinski definition) is 3. The van der Waals surface area contributed by atoms with E-state index in [0.29, 0.717) is 6.04 Å². The molecule has 0 fully saturated rings. The number of likely N-dealkylation sites (N-methyl/N-ethyl adjacent to an activating group) is 1. The Hall–Kier alpha value is -0.120. The molecule has 12 heavy (non-hydrogen) atoms. The summed E-state index contributed by atoms with van der Waals surface area (Å²) in [6.07, 6.45) is 1.03. The lowest BCUT2D eigenvalue weighted by atomic mass is 10.1. The summed E-state index contributed by atoms with van der Waals surface area (Å²) in [5.74, 6) is 0. The van der Waals surface area contributed by atoms with E-state index in [9.17, 15) is 0 Å². The Morgan fingerprint density at radius 1 is 1.08 bits per heavy atom. The maximum atomic E-state index is 5.70. The monoisotopic (exact) mass is 173 g/mol. The van der Waals surface area contributed by atoms with Crippen LogP contribution < -0.4 is 11.5 Å². The molecule has 0 aliphatic heterocycles. The first-order valence-electron chi connectivity index (χ1n) is 4.65. The predicted octanol–water partition coefficient (Wildman–Crippen LogP) is 0.391. The number of nitrogens with zero attached hydrogens (tertiary/aromatic N) is 1. The van der Waals surface area contributed by atoms with Crippen molar-refractivity contribution in [2.45, 2.75) is 45.3 Å². The van der Waals surface area contributed by atoms with Crippen molar-refractivity contribution in [3.8, 4) is 0 Å². The molecule has 0 bridgehead atoms. The van der Waals surface area contributed by atoms with Crippen molar-refractivity contribution in [2.24, 2.45) is 11.5 Å². The highest BCUT2D eigenvalue weighted by molar-refractivity contribution is 4.70. The molecule has 0 aromatic carbocycles. The van der Waals surface area contributed by atoms with Crippen molar-refractivity contribution < 1.29 is 0 Å². The fraction of sp³-hybridized carbons (Fsp3) is 1.00. The molecule has 0 aromatic rings. The summed E-state index contributed by atoms with van der Waals surface area (Å²) < 4.78 is 0. The van der Waals surface area contributed by atoms with Gasteiger partial charge in [0.05, 0.1) is 0 Å². The highest BCUT2D eigenvalue weighted by Crippen LogP contribution is 2.03. The van der Waals surface area contributed by atoms with E-state index in [1.807, 2.05) is 13.8 Å². The van der Waals surface area contributed by atoms with Gasteiger partial charge in [-0.05, 0) is 34.2 Å². The summed E-state index contributed by atoms with van der Waals surface area (Å²) in [5.41, 5.74) is 11.4. The van der Waals surface area contributed by atoms with Crippen LogP contribution in [0.2, 0.25) is 0 Å². The third-order valence-electron chi connectivity index (χ3n) is 2.04. The number of hydrogen-bond donors (Lipinski definition) is 2. The van der Waals surface area contributed by atoms with Crippen molar-refractivity contribution in [3.63, 3.8) is 0 Å². The molecule has 0 saturated carbocycles. The van der Waals surface area contributed by atoms with Gasteiger partial charge in [-0.3, -0.25) is 0 Å². The van der Waals surface area contributed by atoms with Gasteiger partial charge in [-0.25, -0.2) is 0 Å². The van der Waals surface area contributed by atoms with E-state index in [4.69, 9.17) is 11.5 Å². The second kappa shape index (κ2) is 5.51. The predicted molar refractivity (Wildman–Crippen MR) is 54.0 cm³/mol. The molecular formula is C9H23N3. The zero-order valence-corrected chi connectivity index (χ0v) is 8.75. The van der Waals surface area contributed by atoms with Crippen LogP contribution in [0.15, 0.2) is 0 Å². The van der Waals surface area contributed by atoms with Crippen molar-refractivity contribution in [1.82, 2.24) is 4.90 Å². The zero-order valence-electron chi connectivity index (χ0n) is 8.75. The Kier molecular flexibility index (Phi) is 5.46.